The Morgan fingerprint density at radius 2 is 1.52 bits per heavy atom. The van der Waals surface area contributed by atoms with Gasteiger partial charge in [0.25, 0.3) is 0 Å². The molecule has 2 rings (SSSR count). The van der Waals surface area contributed by atoms with Crippen LogP contribution < -0.4 is 4.74 Å². The Bertz CT molecular complexity index is 646. The number of rotatable bonds is 2. The fourth-order valence-electron chi connectivity index (χ4n) is 2.06. The van der Waals surface area contributed by atoms with Crippen LogP contribution in [0.15, 0.2) is 42.5 Å². The van der Waals surface area contributed by atoms with E-state index in [4.69, 9.17) is 4.74 Å². The molecule has 110 valence electrons. The lowest BCUT2D eigenvalue weighted by Gasteiger charge is -2.19. The van der Waals surface area contributed by atoms with Crippen molar-refractivity contribution in [2.45, 2.75) is 40.0 Å². The third-order valence-corrected chi connectivity index (χ3v) is 3.67. The highest BCUT2D eigenvalue weighted by Crippen LogP contribution is 2.24. The second-order valence-electron chi connectivity index (χ2n) is 6.46. The first-order valence-corrected chi connectivity index (χ1v) is 7.17. The Hall–Kier alpha value is -2.09. The van der Waals surface area contributed by atoms with Gasteiger partial charge in [0.05, 0.1) is 5.56 Å². The lowest BCUT2D eigenvalue weighted by Crippen LogP contribution is -2.12. The molecule has 2 heteroatoms. The number of hydrogen-bond acceptors (Lipinski definition) is 2. The van der Waals surface area contributed by atoms with E-state index < -0.39 is 0 Å². The predicted octanol–water partition coefficient (Wildman–Crippen LogP) is 4.82. The summed E-state index contributed by atoms with van der Waals surface area (Å²) < 4.78 is 5.42. The average molecular weight is 282 g/mol. The van der Waals surface area contributed by atoms with Crippen LogP contribution in [0.1, 0.15) is 47.8 Å². The van der Waals surface area contributed by atoms with Gasteiger partial charge in [0.1, 0.15) is 5.75 Å². The van der Waals surface area contributed by atoms with Gasteiger partial charge in [-0.05, 0) is 60.2 Å². The topological polar surface area (TPSA) is 26.3 Å². The van der Waals surface area contributed by atoms with Gasteiger partial charge in [0.15, 0.2) is 0 Å². The normalized spacial score (nSPS) is 11.3. The highest BCUT2D eigenvalue weighted by Gasteiger charge is 2.14. The van der Waals surface area contributed by atoms with Gasteiger partial charge in [-0.1, -0.05) is 39.0 Å². The van der Waals surface area contributed by atoms with Crippen LogP contribution in [0.4, 0.5) is 0 Å². The molecule has 2 aromatic carbocycles. The summed E-state index contributed by atoms with van der Waals surface area (Å²) in [7, 11) is 0. The summed E-state index contributed by atoms with van der Waals surface area (Å²) in [4.78, 5) is 12.1. The number of aryl methyl sites for hydroxylation is 2. The fourth-order valence-corrected chi connectivity index (χ4v) is 2.06. The van der Waals surface area contributed by atoms with E-state index in [0.717, 1.165) is 5.56 Å². The van der Waals surface area contributed by atoms with E-state index in [-0.39, 0.29) is 11.4 Å². The van der Waals surface area contributed by atoms with E-state index >= 15 is 0 Å². The SMILES string of the molecule is Cc1ccc(C(=O)Oc2ccc(C(C)(C)C)cc2)cc1C. The quantitative estimate of drug-likeness (QED) is 0.583. The lowest BCUT2D eigenvalue weighted by atomic mass is 9.87. The number of benzene rings is 2. The summed E-state index contributed by atoms with van der Waals surface area (Å²) in [5, 5.41) is 0. The van der Waals surface area contributed by atoms with Crippen molar-refractivity contribution in [1.29, 1.82) is 0 Å². The molecule has 0 unspecified atom stereocenters. The Balaban J connectivity index is 2.14. The van der Waals surface area contributed by atoms with Gasteiger partial charge in [0.2, 0.25) is 0 Å². The van der Waals surface area contributed by atoms with E-state index in [1.165, 1.54) is 11.1 Å². The summed E-state index contributed by atoms with van der Waals surface area (Å²) >= 11 is 0. The molecule has 0 amide bonds. The van der Waals surface area contributed by atoms with Gasteiger partial charge < -0.3 is 4.74 Å². The van der Waals surface area contributed by atoms with Crippen LogP contribution in [0.2, 0.25) is 0 Å². The van der Waals surface area contributed by atoms with Crippen LogP contribution in [0.3, 0.4) is 0 Å². The Kier molecular flexibility index (Phi) is 4.17. The first kappa shape index (κ1) is 15.3. The molecule has 0 spiro atoms. The lowest BCUT2D eigenvalue weighted by molar-refractivity contribution is 0.0734. The maximum Gasteiger partial charge on any atom is 0.343 e. The Morgan fingerprint density at radius 1 is 0.905 bits per heavy atom. The van der Waals surface area contributed by atoms with Gasteiger partial charge in [-0.3, -0.25) is 0 Å². The molecule has 0 aliphatic carbocycles. The molecule has 0 aliphatic rings. The third kappa shape index (κ3) is 3.72. The standard InChI is InChI=1S/C19H22O2/c1-13-6-7-15(12-14(13)2)18(20)21-17-10-8-16(9-11-17)19(3,4)5/h6-12H,1-5H3. The second-order valence-corrected chi connectivity index (χ2v) is 6.46. The van der Waals surface area contributed by atoms with Gasteiger partial charge in [-0.15, -0.1) is 0 Å². The molecule has 0 heterocycles. The minimum absolute atomic E-state index is 0.0939. The third-order valence-electron chi connectivity index (χ3n) is 3.67. The number of esters is 1. The summed E-state index contributed by atoms with van der Waals surface area (Å²) in [6, 6.07) is 13.3. The first-order valence-electron chi connectivity index (χ1n) is 7.17. The highest BCUT2D eigenvalue weighted by atomic mass is 16.5. The molecule has 0 saturated heterocycles. The zero-order chi connectivity index (χ0) is 15.6. The number of ether oxygens (including phenoxy) is 1. The maximum atomic E-state index is 12.1. The molecule has 2 aromatic rings. The van der Waals surface area contributed by atoms with Crippen molar-refractivity contribution in [2.75, 3.05) is 0 Å². The predicted molar refractivity (Wildman–Crippen MR) is 86.0 cm³/mol. The molecular weight excluding hydrogens is 260 g/mol. The number of carbonyl (C=O) groups is 1. The van der Waals surface area contributed by atoms with Crippen LogP contribution in [-0.4, -0.2) is 5.97 Å². The van der Waals surface area contributed by atoms with E-state index in [1.807, 2.05) is 50.2 Å². The van der Waals surface area contributed by atoms with Crippen molar-refractivity contribution in [2.24, 2.45) is 0 Å². The Labute approximate surface area is 126 Å². The zero-order valence-corrected chi connectivity index (χ0v) is 13.4. The summed E-state index contributed by atoms with van der Waals surface area (Å²) in [5.41, 5.74) is 4.15. The van der Waals surface area contributed by atoms with Gasteiger partial charge in [0, 0.05) is 0 Å². The van der Waals surface area contributed by atoms with Crippen LogP contribution in [0, 0.1) is 13.8 Å². The Morgan fingerprint density at radius 3 is 2.05 bits per heavy atom. The highest BCUT2D eigenvalue weighted by molar-refractivity contribution is 5.91. The van der Waals surface area contributed by atoms with E-state index in [9.17, 15) is 4.79 Å². The molecule has 0 atom stereocenters. The first-order chi connectivity index (χ1) is 9.77. The monoisotopic (exact) mass is 282 g/mol. The van der Waals surface area contributed by atoms with Gasteiger partial charge in [-0.25, -0.2) is 4.79 Å². The molecule has 0 radical (unpaired) electrons. The van der Waals surface area contributed by atoms with Crippen molar-refractivity contribution < 1.29 is 9.53 Å². The molecule has 0 aromatic heterocycles. The maximum absolute atomic E-state index is 12.1. The van der Waals surface area contributed by atoms with Crippen molar-refractivity contribution in [3.05, 3.63) is 64.7 Å². The molecule has 2 nitrogen and oxygen atoms in total. The van der Waals surface area contributed by atoms with Gasteiger partial charge in [-0.2, -0.15) is 0 Å². The fraction of sp³-hybridized carbons (Fsp3) is 0.316. The van der Waals surface area contributed by atoms with E-state index in [2.05, 4.69) is 20.8 Å². The molecule has 0 fully saturated rings. The molecule has 0 aliphatic heterocycles. The minimum atomic E-state index is -0.318. The van der Waals surface area contributed by atoms with Crippen molar-refractivity contribution in [1.82, 2.24) is 0 Å². The van der Waals surface area contributed by atoms with E-state index in [1.54, 1.807) is 6.07 Å². The van der Waals surface area contributed by atoms with Crippen LogP contribution in [-0.2, 0) is 5.41 Å². The zero-order valence-electron chi connectivity index (χ0n) is 13.4. The van der Waals surface area contributed by atoms with Crippen LogP contribution >= 0.6 is 0 Å². The van der Waals surface area contributed by atoms with Crippen molar-refractivity contribution >= 4 is 5.97 Å². The smallest absolute Gasteiger partial charge is 0.343 e. The largest absolute Gasteiger partial charge is 0.423 e. The molecule has 0 saturated carbocycles. The van der Waals surface area contributed by atoms with Crippen molar-refractivity contribution in [3.8, 4) is 5.75 Å². The number of hydrogen-bond donors (Lipinski definition) is 0. The van der Waals surface area contributed by atoms with Gasteiger partial charge >= 0.3 is 5.97 Å². The second kappa shape index (κ2) is 5.72. The number of carbonyl (C=O) groups excluding carboxylic acids is 1. The van der Waals surface area contributed by atoms with Crippen LogP contribution in [0.25, 0.3) is 0 Å². The average Bonchev–Trinajstić information content (AvgIpc) is 2.41. The molecule has 0 bridgehead atoms. The van der Waals surface area contributed by atoms with E-state index in [0.29, 0.717) is 11.3 Å². The summed E-state index contributed by atoms with van der Waals surface area (Å²) in [6.45, 7) is 10.5. The summed E-state index contributed by atoms with van der Waals surface area (Å²) in [6.07, 6.45) is 0. The summed E-state index contributed by atoms with van der Waals surface area (Å²) in [5.74, 6) is 0.257. The van der Waals surface area contributed by atoms with Crippen molar-refractivity contribution in [3.63, 3.8) is 0 Å². The molecule has 21 heavy (non-hydrogen) atoms. The molecule has 0 N–H and O–H groups in total. The minimum Gasteiger partial charge on any atom is -0.423 e. The molecular formula is C19H22O2. The van der Waals surface area contributed by atoms with Crippen LogP contribution in [0.5, 0.6) is 5.75 Å².